The fourth-order valence-corrected chi connectivity index (χ4v) is 12.4. The number of aliphatic carboxylic acids is 2. The van der Waals surface area contributed by atoms with Crippen LogP contribution in [0.3, 0.4) is 0 Å². The Balaban J connectivity index is 1.11. The summed E-state index contributed by atoms with van der Waals surface area (Å²) in [5, 5.41) is 26.4. The Morgan fingerprint density at radius 3 is 1.34 bits per heavy atom. The number of hydrogen-bond acceptors (Lipinski definition) is 12. The van der Waals surface area contributed by atoms with Gasteiger partial charge in [-0.25, -0.2) is 0 Å². The van der Waals surface area contributed by atoms with E-state index in [0.717, 1.165) is 36.8 Å². The van der Waals surface area contributed by atoms with Crippen molar-refractivity contribution in [2.75, 3.05) is 14.1 Å². The van der Waals surface area contributed by atoms with E-state index in [1.165, 1.54) is 27.7 Å². The van der Waals surface area contributed by atoms with Gasteiger partial charge in [0.25, 0.3) is 0 Å². The van der Waals surface area contributed by atoms with Crippen molar-refractivity contribution in [3.63, 3.8) is 0 Å². The molecule has 0 spiro atoms. The smallest absolute Gasteiger partial charge is 0.308 e. The molecule has 4 aliphatic heterocycles. The summed E-state index contributed by atoms with van der Waals surface area (Å²) in [6.07, 6.45) is 6.29. The van der Waals surface area contributed by atoms with Gasteiger partial charge in [0.2, 0.25) is 0 Å². The molecular weight excluding hydrogens is 748 g/mol. The monoisotopic (exact) mass is 802 g/mol. The predicted molar refractivity (Wildman–Crippen MR) is 201 cm³/mol. The Morgan fingerprint density at radius 1 is 0.603 bits per heavy atom. The largest absolute Gasteiger partial charge is 0.550 e. The molecule has 1 aliphatic carbocycles. The van der Waals surface area contributed by atoms with Gasteiger partial charge in [0.1, 0.15) is 13.1 Å². The molecule has 14 nitrogen and oxygen atoms in total. The van der Waals surface area contributed by atoms with Gasteiger partial charge >= 0.3 is 23.9 Å². The van der Waals surface area contributed by atoms with Crippen molar-refractivity contribution in [2.45, 2.75) is 123 Å². The zero-order chi connectivity index (χ0) is 41.9. The lowest BCUT2D eigenvalue weighted by atomic mass is 9.43. The zero-order valence-corrected chi connectivity index (χ0v) is 34.2. The van der Waals surface area contributed by atoms with E-state index in [1.54, 1.807) is 24.3 Å². The van der Waals surface area contributed by atoms with Gasteiger partial charge in [-0.15, -0.1) is 0 Å². The quantitative estimate of drug-likeness (QED) is 0.174. The molecule has 0 aromatic heterocycles. The fraction of sp³-hybridized carbons (Fsp3) is 0.591. The lowest BCUT2D eigenvalue weighted by molar-refractivity contribution is -0.962. The lowest BCUT2D eigenvalue weighted by Gasteiger charge is -2.65. The molecule has 0 amide bonds. The van der Waals surface area contributed by atoms with Crippen molar-refractivity contribution in [3.8, 4) is 23.0 Å². The molecular formula is C44H54N2O12. The third-order valence-electron chi connectivity index (χ3n) is 14.8. The maximum atomic E-state index is 13.6. The second kappa shape index (κ2) is 15.4. The van der Waals surface area contributed by atoms with Gasteiger partial charge in [0.05, 0.1) is 38.3 Å². The Hall–Kier alpha value is -4.82. The second-order valence-electron chi connectivity index (χ2n) is 18.1. The fourth-order valence-electron chi connectivity index (χ4n) is 12.4. The molecule has 4 bridgehead atoms. The van der Waals surface area contributed by atoms with Crippen molar-refractivity contribution in [1.82, 2.24) is 0 Å². The average molecular weight is 803 g/mol. The van der Waals surface area contributed by atoms with E-state index in [9.17, 15) is 39.0 Å². The number of nitrogens with zero attached hydrogens (tertiary/aromatic N) is 2. The maximum absolute atomic E-state index is 13.6. The minimum absolute atomic E-state index is 0.0189. The predicted octanol–water partition coefficient (Wildman–Crippen LogP) is 2.99. The molecule has 5 unspecified atom stereocenters. The van der Waals surface area contributed by atoms with Gasteiger partial charge in [-0.05, 0) is 60.6 Å². The van der Waals surface area contributed by atoms with Crippen molar-refractivity contribution in [2.24, 2.45) is 29.1 Å². The number of hydrogen-bond donors (Lipinski definition) is 0. The van der Waals surface area contributed by atoms with E-state index >= 15 is 0 Å². The number of carboxylic acids is 2. The van der Waals surface area contributed by atoms with E-state index in [2.05, 4.69) is 14.1 Å². The van der Waals surface area contributed by atoms with Crippen molar-refractivity contribution in [1.29, 1.82) is 0 Å². The van der Waals surface area contributed by atoms with Crippen LogP contribution in [0.2, 0.25) is 0 Å². The van der Waals surface area contributed by atoms with Gasteiger partial charge in [-0.1, -0.05) is 0 Å². The molecule has 312 valence electrons. The van der Waals surface area contributed by atoms with Crippen LogP contribution in [0.15, 0.2) is 36.4 Å². The molecule has 5 aliphatic rings. The van der Waals surface area contributed by atoms with Crippen LogP contribution in [0.25, 0.3) is 0 Å². The van der Waals surface area contributed by atoms with Gasteiger partial charge in [-0.2, -0.15) is 0 Å². The average Bonchev–Trinajstić information content (AvgIpc) is 3.33. The van der Waals surface area contributed by atoms with Crippen LogP contribution < -0.4 is 29.2 Å². The minimum Gasteiger partial charge on any atom is -0.550 e. The Bertz CT molecular complexity index is 2000. The summed E-state index contributed by atoms with van der Waals surface area (Å²) >= 11 is 0. The van der Waals surface area contributed by atoms with Crippen LogP contribution in [-0.2, 0) is 41.9 Å². The molecule has 7 rings (SSSR count). The van der Waals surface area contributed by atoms with Crippen LogP contribution >= 0.6 is 0 Å². The highest BCUT2D eigenvalue weighted by Gasteiger charge is 2.67. The molecule has 11 atom stereocenters. The van der Waals surface area contributed by atoms with Crippen LogP contribution in [-0.4, -0.2) is 83.0 Å². The molecule has 1 saturated carbocycles. The van der Waals surface area contributed by atoms with E-state index in [1.807, 2.05) is 12.1 Å². The SMILES string of the molecule is CC(=O)Oc1ccc(C[N+]2(C)[C@@H]3CC[C@H]2C[C@@H](C2C(C(=O)[O-])CC2(C(=O)[O-])[C@H]2C[C@H]4CC[C@@H](C2)[N+]4(C)Cc2ccc(OC(C)=O)c(OC(C)=O)c2)C3)cc1OC(C)=O. The molecule has 5 fully saturated rings. The maximum Gasteiger partial charge on any atom is 0.308 e. The first-order valence-corrected chi connectivity index (χ1v) is 20.5. The number of carboxylic acid groups (broad SMARTS) is 2. The number of ether oxygens (including phenoxy) is 4. The van der Waals surface area contributed by atoms with Gasteiger partial charge in [-0.3, -0.25) is 19.2 Å². The van der Waals surface area contributed by atoms with Gasteiger partial charge in [0, 0.05) is 113 Å². The number of esters is 4. The van der Waals surface area contributed by atoms with E-state index in [0.29, 0.717) is 47.7 Å². The molecule has 4 saturated heterocycles. The Morgan fingerprint density at radius 2 is 0.983 bits per heavy atom. The summed E-state index contributed by atoms with van der Waals surface area (Å²) in [6.45, 7) is 6.31. The molecule has 14 heteroatoms. The minimum atomic E-state index is -1.28. The molecule has 2 aromatic carbocycles. The summed E-state index contributed by atoms with van der Waals surface area (Å²) in [4.78, 5) is 73.5. The normalized spacial score (nSPS) is 34.7. The summed E-state index contributed by atoms with van der Waals surface area (Å²) in [7, 11) is 4.39. The number of carbonyl (C=O) groups is 6. The Kier molecular flexibility index (Phi) is 11.0. The van der Waals surface area contributed by atoms with Crippen molar-refractivity contribution >= 4 is 35.8 Å². The van der Waals surface area contributed by atoms with E-state index in [4.69, 9.17) is 18.9 Å². The highest BCUT2D eigenvalue weighted by atomic mass is 16.6. The summed E-state index contributed by atoms with van der Waals surface area (Å²) in [6, 6.07) is 11.0. The first-order chi connectivity index (χ1) is 27.3. The molecule has 0 N–H and O–H groups in total. The topological polar surface area (TPSA) is 185 Å². The number of carbonyl (C=O) groups excluding carboxylic acids is 6. The third-order valence-corrected chi connectivity index (χ3v) is 14.8. The molecule has 4 heterocycles. The zero-order valence-electron chi connectivity index (χ0n) is 34.2. The number of piperidine rings is 2. The number of fused-ring (bicyclic) bond motifs is 4. The first-order valence-electron chi connectivity index (χ1n) is 20.5. The standard InChI is InChI=1S/C44H54N2O12/c1-24(47)55-37-13-7-28(15-39(37)57-26(3)49)22-45(5)32-9-10-33(45)18-30(17-32)41-36(42(51)52)21-44(41,43(53)54)31-19-34-11-12-35(20-31)46(34,6)23-29-8-14-38(56-25(2)48)40(16-29)58-27(4)50/h7-8,13-16,30-36,41H,9-12,17-23H2,1-6H3/t30-,31-,32+,33-,34+,35-,36?,41?,44?,45?,46?. The summed E-state index contributed by atoms with van der Waals surface area (Å²) < 4.78 is 22.7. The van der Waals surface area contributed by atoms with Crippen LogP contribution in [0, 0.1) is 29.1 Å². The second-order valence-corrected chi connectivity index (χ2v) is 18.1. The highest BCUT2D eigenvalue weighted by Crippen LogP contribution is 2.66. The van der Waals surface area contributed by atoms with Gasteiger partial charge < -0.3 is 47.7 Å². The van der Waals surface area contributed by atoms with E-state index in [-0.39, 0.29) is 65.4 Å². The molecule has 58 heavy (non-hydrogen) atoms. The number of rotatable bonds is 12. The number of benzene rings is 2. The number of quaternary nitrogens is 2. The summed E-state index contributed by atoms with van der Waals surface area (Å²) in [5.41, 5.74) is 0.508. The Labute approximate surface area is 338 Å². The first kappa shape index (κ1) is 41.3. The third kappa shape index (κ3) is 7.38. The van der Waals surface area contributed by atoms with Crippen LogP contribution in [0.1, 0.15) is 96.6 Å². The van der Waals surface area contributed by atoms with E-state index < -0.39 is 53.1 Å². The van der Waals surface area contributed by atoms with Crippen molar-refractivity contribution in [3.05, 3.63) is 47.5 Å². The molecule has 2 aromatic rings. The lowest BCUT2D eigenvalue weighted by Crippen LogP contribution is -2.70. The van der Waals surface area contributed by atoms with Crippen molar-refractivity contribution < 1.29 is 66.9 Å². The summed E-state index contributed by atoms with van der Waals surface area (Å²) in [5.74, 6) is -5.69. The highest BCUT2D eigenvalue weighted by molar-refractivity contribution is 5.81. The van der Waals surface area contributed by atoms with Gasteiger partial charge in [0.15, 0.2) is 23.0 Å². The van der Waals surface area contributed by atoms with Crippen LogP contribution in [0.4, 0.5) is 0 Å². The van der Waals surface area contributed by atoms with Crippen LogP contribution in [0.5, 0.6) is 23.0 Å². The molecule has 0 radical (unpaired) electrons.